The predicted octanol–water partition coefficient (Wildman–Crippen LogP) is 4.89. The number of non-ortho nitro benzene ring substituents is 1. The summed E-state index contributed by atoms with van der Waals surface area (Å²) in [6.45, 7) is 7.97. The number of aromatic nitrogens is 8. The Hall–Kier alpha value is -8.89. The van der Waals surface area contributed by atoms with Gasteiger partial charge >= 0.3 is 6.16 Å². The van der Waals surface area contributed by atoms with E-state index in [1.807, 2.05) is 13.8 Å². The van der Waals surface area contributed by atoms with Crippen LogP contribution in [0.4, 0.5) is 22.4 Å². The maximum absolute atomic E-state index is 13.8. The number of aryl methyl sites for hydroxylation is 4. The molecule has 4 heterocycles. The zero-order chi connectivity index (χ0) is 46.7. The van der Waals surface area contributed by atoms with Gasteiger partial charge in [0.05, 0.1) is 34.5 Å². The summed E-state index contributed by atoms with van der Waals surface area (Å²) in [6, 6.07) is 13.4. The van der Waals surface area contributed by atoms with Crippen molar-refractivity contribution in [3.63, 3.8) is 0 Å². The van der Waals surface area contributed by atoms with Crippen LogP contribution in [-0.4, -0.2) is 80.5 Å². The maximum atomic E-state index is 13.8. The molecule has 0 radical (unpaired) electrons. The van der Waals surface area contributed by atoms with Gasteiger partial charge in [0, 0.05) is 49.4 Å². The zero-order valence-corrected chi connectivity index (χ0v) is 35.5. The number of hydrogen-bond donors (Lipinski definition) is 4. The van der Waals surface area contributed by atoms with E-state index in [1.165, 1.54) is 52.8 Å². The summed E-state index contributed by atoms with van der Waals surface area (Å²) in [6.07, 6.45) is 2.13. The average molecular weight is 888 g/mol. The lowest BCUT2D eigenvalue weighted by atomic mass is 10.1. The SMILES string of the molecule is CCn1nc(C)cc1C(=O)Nc1nc2cc(C(N)=O)cc(OC)c2n1C/C=C/Cn1c(NC(=O)c2cc(C)nn2CC)nc2cc(C(N)=O)cc(OC(=O)Oc3ccc([N+](=O)[O-])cc3)c21. The molecule has 334 valence electrons. The number of ether oxygens (including phenoxy) is 3. The van der Waals surface area contributed by atoms with Crippen molar-refractivity contribution in [2.45, 2.75) is 53.9 Å². The minimum absolute atomic E-state index is 0.0316. The summed E-state index contributed by atoms with van der Waals surface area (Å²) >= 11 is 0. The number of imidazole rings is 2. The van der Waals surface area contributed by atoms with E-state index in [1.54, 1.807) is 47.4 Å². The Morgan fingerprint density at radius 2 is 1.17 bits per heavy atom. The third kappa shape index (κ3) is 9.18. The van der Waals surface area contributed by atoms with Gasteiger partial charge in [0.25, 0.3) is 17.5 Å². The molecule has 0 spiro atoms. The van der Waals surface area contributed by atoms with Crippen LogP contribution in [0.2, 0.25) is 0 Å². The number of allylic oxidation sites excluding steroid dienone is 2. The quantitative estimate of drug-likeness (QED) is 0.0330. The molecule has 0 bridgehead atoms. The normalized spacial score (nSPS) is 11.3. The summed E-state index contributed by atoms with van der Waals surface area (Å²) in [7, 11) is 1.41. The highest BCUT2D eigenvalue weighted by atomic mass is 16.7. The molecule has 0 saturated carbocycles. The van der Waals surface area contributed by atoms with E-state index < -0.39 is 34.7 Å². The highest BCUT2D eigenvalue weighted by Crippen LogP contribution is 2.33. The molecule has 3 aromatic carbocycles. The molecule has 0 fully saturated rings. The molecule has 7 rings (SSSR count). The van der Waals surface area contributed by atoms with E-state index in [-0.39, 0.29) is 81.5 Å². The lowest BCUT2D eigenvalue weighted by Crippen LogP contribution is -2.20. The average Bonchev–Trinajstić information content (AvgIpc) is 4.04. The van der Waals surface area contributed by atoms with Gasteiger partial charge < -0.3 is 34.8 Å². The van der Waals surface area contributed by atoms with E-state index in [0.717, 1.165) is 12.1 Å². The Morgan fingerprint density at radius 3 is 1.60 bits per heavy atom. The number of carbonyl (C=O) groups excluding carboxylic acids is 5. The van der Waals surface area contributed by atoms with Crippen molar-refractivity contribution in [3.05, 3.63) is 117 Å². The van der Waals surface area contributed by atoms with Crippen LogP contribution < -0.4 is 36.3 Å². The van der Waals surface area contributed by atoms with Crippen LogP contribution in [-0.2, 0) is 26.2 Å². The summed E-state index contributed by atoms with van der Waals surface area (Å²) in [5.74, 6) is -2.68. The molecule has 0 aliphatic heterocycles. The number of methoxy groups -OCH3 is 1. The first kappa shape index (κ1) is 44.2. The van der Waals surface area contributed by atoms with E-state index >= 15 is 0 Å². The lowest BCUT2D eigenvalue weighted by molar-refractivity contribution is -0.384. The summed E-state index contributed by atoms with van der Waals surface area (Å²) in [5.41, 5.74) is 13.7. The van der Waals surface area contributed by atoms with Crippen molar-refractivity contribution in [2.24, 2.45) is 11.5 Å². The fourth-order valence-corrected chi connectivity index (χ4v) is 7.00. The van der Waals surface area contributed by atoms with Crippen molar-refractivity contribution >= 4 is 69.4 Å². The molecular weight excluding hydrogens is 847 g/mol. The first-order valence-corrected chi connectivity index (χ1v) is 19.8. The molecule has 65 heavy (non-hydrogen) atoms. The number of rotatable bonds is 16. The van der Waals surface area contributed by atoms with Crippen molar-refractivity contribution in [3.8, 4) is 17.2 Å². The van der Waals surface area contributed by atoms with Gasteiger partial charge in [0.15, 0.2) is 5.75 Å². The minimum atomic E-state index is -1.27. The topological polar surface area (TPSA) is 304 Å². The number of fused-ring (bicyclic) bond motifs is 2. The van der Waals surface area contributed by atoms with Gasteiger partial charge in [-0.15, -0.1) is 0 Å². The molecular formula is C42H41N13O10. The van der Waals surface area contributed by atoms with Crippen molar-refractivity contribution in [1.29, 1.82) is 0 Å². The monoisotopic (exact) mass is 887 g/mol. The molecule has 0 aliphatic rings. The number of nitrogens with two attached hydrogens (primary N) is 2. The number of nitro benzene ring substituents is 1. The zero-order valence-electron chi connectivity index (χ0n) is 35.5. The first-order valence-electron chi connectivity index (χ1n) is 19.8. The Labute approximate surface area is 367 Å². The van der Waals surface area contributed by atoms with Crippen molar-refractivity contribution < 1.29 is 43.1 Å². The van der Waals surface area contributed by atoms with E-state index in [2.05, 4.69) is 30.8 Å². The van der Waals surface area contributed by atoms with E-state index in [0.29, 0.717) is 35.5 Å². The van der Waals surface area contributed by atoms with Gasteiger partial charge in [-0.2, -0.15) is 10.2 Å². The molecule has 4 aromatic heterocycles. The number of nitro groups is 1. The van der Waals surface area contributed by atoms with Gasteiger partial charge in [-0.3, -0.25) is 49.3 Å². The molecule has 0 saturated heterocycles. The van der Waals surface area contributed by atoms with Crippen LogP contribution in [0.1, 0.15) is 66.9 Å². The largest absolute Gasteiger partial charge is 0.519 e. The van der Waals surface area contributed by atoms with Crippen LogP contribution in [0.15, 0.2) is 72.8 Å². The Bertz CT molecular complexity index is 3090. The number of benzene rings is 3. The van der Waals surface area contributed by atoms with Crippen molar-refractivity contribution in [2.75, 3.05) is 17.7 Å². The van der Waals surface area contributed by atoms with Gasteiger partial charge in [0.1, 0.15) is 33.9 Å². The summed E-state index contributed by atoms with van der Waals surface area (Å²) in [5, 5.41) is 25.5. The Balaban J connectivity index is 1.29. The second-order valence-electron chi connectivity index (χ2n) is 14.3. The number of hydrogen-bond acceptors (Lipinski definition) is 14. The van der Waals surface area contributed by atoms with Crippen LogP contribution >= 0.6 is 0 Å². The number of nitrogens with zero attached hydrogens (tertiary/aromatic N) is 9. The van der Waals surface area contributed by atoms with Crippen LogP contribution in [0, 0.1) is 24.0 Å². The molecule has 0 atom stereocenters. The summed E-state index contributed by atoms with van der Waals surface area (Å²) in [4.78, 5) is 85.2. The number of carbonyl (C=O) groups is 5. The van der Waals surface area contributed by atoms with E-state index in [9.17, 15) is 34.1 Å². The predicted molar refractivity (Wildman–Crippen MR) is 233 cm³/mol. The van der Waals surface area contributed by atoms with Gasteiger partial charge in [-0.05, 0) is 76.2 Å². The highest BCUT2D eigenvalue weighted by molar-refractivity contribution is 6.05. The van der Waals surface area contributed by atoms with E-state index in [4.69, 9.17) is 25.7 Å². The number of anilines is 2. The number of nitrogens with one attached hydrogen (secondary N) is 2. The molecule has 6 N–H and O–H groups in total. The van der Waals surface area contributed by atoms with Crippen molar-refractivity contribution in [1.82, 2.24) is 38.7 Å². The smallest absolute Gasteiger partial charge is 0.494 e. The minimum Gasteiger partial charge on any atom is -0.494 e. The Kier molecular flexibility index (Phi) is 12.4. The number of primary amides is 2. The second kappa shape index (κ2) is 18.2. The molecule has 0 aliphatic carbocycles. The highest BCUT2D eigenvalue weighted by Gasteiger charge is 2.25. The lowest BCUT2D eigenvalue weighted by Gasteiger charge is -2.13. The third-order valence-corrected chi connectivity index (χ3v) is 9.91. The third-order valence-electron chi connectivity index (χ3n) is 9.91. The Morgan fingerprint density at radius 1 is 0.708 bits per heavy atom. The molecule has 4 amide bonds. The van der Waals surface area contributed by atoms with Crippen LogP contribution in [0.25, 0.3) is 22.1 Å². The second-order valence-corrected chi connectivity index (χ2v) is 14.3. The standard InChI is InChI=1S/C42H41N13O10/c1-6-53-30(16-22(3)49-53)38(58)47-40-45-28-18-24(36(43)56)20-32(63-5)34(28)51(40)14-8-9-15-52-35-29(46-41(52)48-39(59)31-17-23(4)50-54(31)7-2)19-25(37(44)57)21-33(35)65-42(60)64-27-12-10-26(11-13-27)55(61)62/h8-13,16-21H,6-7,14-15H2,1-5H3,(H2,43,56)(H2,44,57)(H,45,47,58)(H,46,48,59)/b9-8+. The summed E-state index contributed by atoms with van der Waals surface area (Å²) < 4.78 is 22.8. The molecule has 23 heteroatoms. The molecule has 7 aromatic rings. The first-order chi connectivity index (χ1) is 31.1. The van der Waals surface area contributed by atoms with Crippen LogP contribution in [0.3, 0.4) is 0 Å². The molecule has 23 nitrogen and oxygen atoms in total. The van der Waals surface area contributed by atoms with Crippen LogP contribution in [0.5, 0.6) is 17.2 Å². The fourth-order valence-electron chi connectivity index (χ4n) is 7.00. The molecule has 0 unspecified atom stereocenters. The van der Waals surface area contributed by atoms with Gasteiger partial charge in [-0.25, -0.2) is 14.8 Å². The van der Waals surface area contributed by atoms with Gasteiger partial charge in [-0.1, -0.05) is 12.2 Å². The van der Waals surface area contributed by atoms with Gasteiger partial charge in [0.2, 0.25) is 23.7 Å². The maximum Gasteiger partial charge on any atom is 0.519 e. The fraction of sp³-hybridized carbons (Fsp3) is 0.214. The number of amides is 4.